The Hall–Kier alpha value is -3.46. The molecular formula is C23H24N2O6S. The smallest absolute Gasteiger partial charge is 0.344 e. The van der Waals surface area contributed by atoms with Crippen molar-refractivity contribution in [1.82, 2.24) is 5.32 Å². The third-order valence-electron chi connectivity index (χ3n) is 4.44. The van der Waals surface area contributed by atoms with Crippen LogP contribution in [0.15, 0.2) is 52.4 Å². The van der Waals surface area contributed by atoms with Gasteiger partial charge in [0, 0.05) is 0 Å². The minimum Gasteiger partial charge on any atom is -0.494 e. The summed E-state index contributed by atoms with van der Waals surface area (Å²) in [6.07, 6.45) is 1.06. The van der Waals surface area contributed by atoms with Crippen molar-refractivity contribution in [3.05, 3.63) is 52.9 Å². The molecule has 1 heterocycles. The van der Waals surface area contributed by atoms with Crippen molar-refractivity contribution in [2.24, 2.45) is 4.99 Å². The van der Waals surface area contributed by atoms with E-state index in [2.05, 4.69) is 10.3 Å². The molecule has 0 bridgehead atoms. The molecule has 2 N–H and O–H groups in total. The van der Waals surface area contributed by atoms with E-state index >= 15 is 0 Å². The van der Waals surface area contributed by atoms with Gasteiger partial charge in [0.15, 0.2) is 22.8 Å². The van der Waals surface area contributed by atoms with Crippen LogP contribution in [0.25, 0.3) is 6.08 Å². The highest BCUT2D eigenvalue weighted by atomic mass is 32.2. The van der Waals surface area contributed by atoms with Gasteiger partial charge < -0.3 is 24.6 Å². The van der Waals surface area contributed by atoms with E-state index in [0.29, 0.717) is 51.6 Å². The molecule has 1 unspecified atom stereocenters. The lowest BCUT2D eigenvalue weighted by Gasteiger charge is -2.16. The molecule has 3 rings (SSSR count). The lowest BCUT2D eigenvalue weighted by Crippen LogP contribution is -2.26. The van der Waals surface area contributed by atoms with Crippen LogP contribution >= 0.6 is 11.8 Å². The maximum absolute atomic E-state index is 12.4. The van der Waals surface area contributed by atoms with Gasteiger partial charge in [-0.05, 0) is 61.0 Å². The average Bonchev–Trinajstić information content (AvgIpc) is 3.12. The average molecular weight is 457 g/mol. The zero-order chi connectivity index (χ0) is 23.1. The molecular weight excluding hydrogens is 432 g/mol. The Balaban J connectivity index is 1.84. The number of amides is 1. The van der Waals surface area contributed by atoms with Crippen LogP contribution in [0.2, 0.25) is 0 Å². The molecule has 0 aliphatic carbocycles. The zero-order valence-corrected chi connectivity index (χ0v) is 18.8. The minimum atomic E-state index is -1.04. The highest BCUT2D eigenvalue weighted by Gasteiger charge is 2.25. The van der Waals surface area contributed by atoms with Gasteiger partial charge in [0.25, 0.3) is 5.91 Å². The summed E-state index contributed by atoms with van der Waals surface area (Å²) in [5, 5.41) is 12.4. The zero-order valence-electron chi connectivity index (χ0n) is 18.0. The molecule has 1 aliphatic rings. The molecule has 0 spiro atoms. The normalized spacial score (nSPS) is 16.7. The predicted molar refractivity (Wildman–Crippen MR) is 124 cm³/mol. The van der Waals surface area contributed by atoms with Crippen LogP contribution in [0.3, 0.4) is 0 Å². The Morgan fingerprint density at radius 3 is 2.66 bits per heavy atom. The summed E-state index contributed by atoms with van der Waals surface area (Å²) in [6, 6.07) is 12.4. The SMILES string of the molecule is CCOc1cc(/C=C2/SC(=Nc3ccccc3OC)NC2=O)ccc1OC(CC)C(=O)O. The third kappa shape index (κ3) is 5.61. The lowest BCUT2D eigenvalue weighted by molar-refractivity contribution is -0.145. The number of benzene rings is 2. The van der Waals surface area contributed by atoms with Gasteiger partial charge >= 0.3 is 5.97 Å². The van der Waals surface area contributed by atoms with Crippen LogP contribution in [0.5, 0.6) is 17.2 Å². The van der Waals surface area contributed by atoms with Crippen molar-refractivity contribution in [2.45, 2.75) is 26.4 Å². The number of carbonyl (C=O) groups is 2. The Kier molecular flexibility index (Phi) is 7.77. The molecule has 2 aromatic rings. The standard InChI is InChI=1S/C23H24N2O6S/c1-4-16(22(27)28)31-18-11-10-14(12-19(18)30-5-2)13-20-21(26)25-23(32-20)24-15-8-6-7-9-17(15)29-3/h6-13,16H,4-5H2,1-3H3,(H,27,28)(H,24,25,26)/b20-13+. The third-order valence-corrected chi connectivity index (χ3v) is 5.35. The van der Waals surface area contributed by atoms with Crippen molar-refractivity contribution in [2.75, 3.05) is 13.7 Å². The molecule has 0 saturated carbocycles. The van der Waals surface area contributed by atoms with E-state index in [0.717, 1.165) is 0 Å². The van der Waals surface area contributed by atoms with E-state index in [1.807, 2.05) is 19.1 Å². The lowest BCUT2D eigenvalue weighted by atomic mass is 10.1. The van der Waals surface area contributed by atoms with Gasteiger partial charge in [0.1, 0.15) is 11.4 Å². The summed E-state index contributed by atoms with van der Waals surface area (Å²) in [5.74, 6) is 0.0509. The fourth-order valence-electron chi connectivity index (χ4n) is 2.91. The van der Waals surface area contributed by atoms with Crippen LogP contribution in [0, 0.1) is 0 Å². The number of thioether (sulfide) groups is 1. The topological polar surface area (TPSA) is 106 Å². The number of hydrogen-bond donors (Lipinski definition) is 2. The van der Waals surface area contributed by atoms with Gasteiger partial charge in [-0.25, -0.2) is 9.79 Å². The summed E-state index contributed by atoms with van der Waals surface area (Å²) in [4.78, 5) is 28.7. The van der Waals surface area contributed by atoms with Gasteiger partial charge in [0.05, 0.1) is 18.6 Å². The number of carboxylic acid groups (broad SMARTS) is 1. The van der Waals surface area contributed by atoms with E-state index in [-0.39, 0.29) is 5.91 Å². The first-order valence-corrected chi connectivity index (χ1v) is 10.9. The molecule has 1 saturated heterocycles. The number of nitrogens with one attached hydrogen (secondary N) is 1. The molecule has 2 aromatic carbocycles. The number of rotatable bonds is 9. The van der Waals surface area contributed by atoms with Crippen molar-refractivity contribution in [3.63, 3.8) is 0 Å². The number of carbonyl (C=O) groups excluding carboxylic acids is 1. The van der Waals surface area contributed by atoms with Gasteiger partial charge in [-0.1, -0.05) is 25.1 Å². The molecule has 1 atom stereocenters. The Morgan fingerprint density at radius 1 is 1.19 bits per heavy atom. The maximum Gasteiger partial charge on any atom is 0.344 e. The minimum absolute atomic E-state index is 0.265. The largest absolute Gasteiger partial charge is 0.494 e. The Bertz CT molecular complexity index is 1070. The second kappa shape index (κ2) is 10.7. The molecule has 0 aromatic heterocycles. The Labute approximate surface area is 190 Å². The van der Waals surface area contributed by atoms with E-state index in [4.69, 9.17) is 14.2 Å². The molecule has 9 heteroatoms. The van der Waals surface area contributed by atoms with Crippen LogP contribution in [-0.4, -0.2) is 42.0 Å². The number of methoxy groups -OCH3 is 1. The summed E-state index contributed by atoms with van der Waals surface area (Å²) < 4.78 is 16.5. The number of para-hydroxylation sites is 2. The summed E-state index contributed by atoms with van der Waals surface area (Å²) in [7, 11) is 1.56. The fourth-order valence-corrected chi connectivity index (χ4v) is 3.74. The molecule has 32 heavy (non-hydrogen) atoms. The number of hydrogen-bond acceptors (Lipinski definition) is 7. The van der Waals surface area contributed by atoms with Gasteiger partial charge in [0.2, 0.25) is 0 Å². The molecule has 0 radical (unpaired) electrons. The number of aliphatic carboxylic acids is 1. The van der Waals surface area contributed by atoms with E-state index in [1.54, 1.807) is 50.4 Å². The first-order valence-electron chi connectivity index (χ1n) is 10.0. The van der Waals surface area contributed by atoms with Gasteiger partial charge in [-0.15, -0.1) is 0 Å². The van der Waals surface area contributed by atoms with Crippen molar-refractivity contribution in [1.29, 1.82) is 0 Å². The van der Waals surface area contributed by atoms with Crippen LogP contribution in [0.1, 0.15) is 25.8 Å². The van der Waals surface area contributed by atoms with E-state index in [1.165, 1.54) is 11.8 Å². The highest BCUT2D eigenvalue weighted by molar-refractivity contribution is 8.18. The second-order valence-electron chi connectivity index (χ2n) is 6.65. The number of aliphatic imine (C=N–C) groups is 1. The van der Waals surface area contributed by atoms with Crippen LogP contribution in [0.4, 0.5) is 5.69 Å². The number of amidine groups is 1. The van der Waals surface area contributed by atoms with Crippen molar-refractivity contribution < 1.29 is 28.9 Å². The number of carboxylic acids is 1. The highest BCUT2D eigenvalue weighted by Crippen LogP contribution is 2.34. The maximum atomic E-state index is 12.4. The fraction of sp³-hybridized carbons (Fsp3) is 0.261. The van der Waals surface area contributed by atoms with Crippen LogP contribution in [-0.2, 0) is 9.59 Å². The molecule has 1 amide bonds. The second-order valence-corrected chi connectivity index (χ2v) is 7.68. The first kappa shape index (κ1) is 23.2. The molecule has 8 nitrogen and oxygen atoms in total. The monoisotopic (exact) mass is 456 g/mol. The van der Waals surface area contributed by atoms with E-state index in [9.17, 15) is 14.7 Å². The summed E-state index contributed by atoms with van der Waals surface area (Å²) in [6.45, 7) is 3.94. The van der Waals surface area contributed by atoms with Crippen molar-refractivity contribution >= 4 is 40.6 Å². The number of nitrogens with zero attached hydrogens (tertiary/aromatic N) is 1. The summed E-state index contributed by atoms with van der Waals surface area (Å²) >= 11 is 1.21. The van der Waals surface area contributed by atoms with Crippen LogP contribution < -0.4 is 19.5 Å². The molecule has 1 aliphatic heterocycles. The number of ether oxygens (including phenoxy) is 3. The van der Waals surface area contributed by atoms with E-state index < -0.39 is 12.1 Å². The predicted octanol–water partition coefficient (Wildman–Crippen LogP) is 4.23. The first-order chi connectivity index (χ1) is 15.4. The Morgan fingerprint density at radius 2 is 1.97 bits per heavy atom. The van der Waals surface area contributed by atoms with Crippen molar-refractivity contribution in [3.8, 4) is 17.2 Å². The molecule has 168 valence electrons. The molecule has 1 fully saturated rings. The van der Waals surface area contributed by atoms with Gasteiger partial charge in [-0.3, -0.25) is 4.79 Å². The quantitative estimate of drug-likeness (QED) is 0.544. The van der Waals surface area contributed by atoms with Gasteiger partial charge in [-0.2, -0.15) is 0 Å². The summed E-state index contributed by atoms with van der Waals surface area (Å²) in [5.41, 5.74) is 1.32.